The first kappa shape index (κ1) is 17.8. The van der Waals surface area contributed by atoms with E-state index >= 15 is 0 Å². The van der Waals surface area contributed by atoms with Crippen molar-refractivity contribution in [2.75, 3.05) is 5.75 Å². The highest BCUT2D eigenvalue weighted by atomic mass is 32.2. The molecule has 4 nitrogen and oxygen atoms in total. The molecule has 1 N–H and O–H groups in total. The molecule has 6 heteroatoms. The van der Waals surface area contributed by atoms with Crippen LogP contribution in [0, 0.1) is 0 Å². The van der Waals surface area contributed by atoms with Gasteiger partial charge < -0.3 is 9.88 Å². The Bertz CT molecular complexity index is 1040. The minimum absolute atomic E-state index is 0.00527. The highest BCUT2D eigenvalue weighted by Gasteiger charge is 2.18. The summed E-state index contributed by atoms with van der Waals surface area (Å²) in [6.07, 6.45) is 0. The minimum Gasteiger partial charge on any atom is -0.344 e. The first-order valence-electron chi connectivity index (χ1n) is 8.64. The maximum absolute atomic E-state index is 12.7. The number of nitrogens with zero attached hydrogens (tertiary/aromatic N) is 2. The Morgan fingerprint density at radius 1 is 1.11 bits per heavy atom. The standard InChI is InChI=1S/C21H19N3OS2/c1-24-17-11-6-5-10-16(17)22-21(24)27-14-19(25)23-20(18-12-7-13-26-18)15-8-3-2-4-9-15/h2-13,20H,14H2,1H3,(H,23,25). The summed E-state index contributed by atoms with van der Waals surface area (Å²) in [7, 11) is 1.98. The van der Waals surface area contributed by atoms with E-state index in [9.17, 15) is 4.79 Å². The Morgan fingerprint density at radius 2 is 1.89 bits per heavy atom. The van der Waals surface area contributed by atoms with Crippen LogP contribution in [-0.2, 0) is 11.8 Å². The normalized spacial score (nSPS) is 12.2. The van der Waals surface area contributed by atoms with Gasteiger partial charge in [0.25, 0.3) is 0 Å². The predicted molar refractivity (Wildman–Crippen MR) is 112 cm³/mol. The van der Waals surface area contributed by atoms with Gasteiger partial charge in [0.15, 0.2) is 5.16 Å². The third-order valence-electron chi connectivity index (χ3n) is 4.34. The summed E-state index contributed by atoms with van der Waals surface area (Å²) in [6, 6.07) is 22.0. The van der Waals surface area contributed by atoms with Gasteiger partial charge in [-0.1, -0.05) is 60.3 Å². The summed E-state index contributed by atoms with van der Waals surface area (Å²) >= 11 is 3.11. The first-order chi connectivity index (χ1) is 13.2. The number of hydrogen-bond donors (Lipinski definition) is 1. The zero-order valence-electron chi connectivity index (χ0n) is 14.8. The molecule has 2 heterocycles. The Kier molecular flexibility index (Phi) is 5.27. The number of amides is 1. The Morgan fingerprint density at radius 3 is 2.63 bits per heavy atom. The molecule has 27 heavy (non-hydrogen) atoms. The van der Waals surface area contributed by atoms with Crippen LogP contribution in [0.1, 0.15) is 16.5 Å². The smallest absolute Gasteiger partial charge is 0.231 e. The number of aryl methyl sites for hydroxylation is 1. The van der Waals surface area contributed by atoms with Crippen molar-refractivity contribution in [2.45, 2.75) is 11.2 Å². The number of hydrogen-bond acceptors (Lipinski definition) is 4. The van der Waals surface area contributed by atoms with Crippen LogP contribution in [-0.4, -0.2) is 21.2 Å². The second kappa shape index (κ2) is 7.98. The monoisotopic (exact) mass is 393 g/mol. The number of benzene rings is 2. The van der Waals surface area contributed by atoms with Crippen LogP contribution < -0.4 is 5.32 Å². The fourth-order valence-corrected chi connectivity index (χ4v) is 4.61. The highest BCUT2D eigenvalue weighted by molar-refractivity contribution is 7.99. The maximum Gasteiger partial charge on any atom is 0.231 e. The molecule has 4 aromatic rings. The molecule has 2 aromatic heterocycles. The molecule has 2 aromatic carbocycles. The molecular formula is C21H19N3OS2. The summed E-state index contributed by atoms with van der Waals surface area (Å²) in [5.41, 5.74) is 3.10. The lowest BCUT2D eigenvalue weighted by Gasteiger charge is -2.18. The van der Waals surface area contributed by atoms with Crippen molar-refractivity contribution in [1.82, 2.24) is 14.9 Å². The number of nitrogens with one attached hydrogen (secondary N) is 1. The largest absolute Gasteiger partial charge is 0.344 e. The third kappa shape index (κ3) is 3.91. The van der Waals surface area contributed by atoms with Gasteiger partial charge in [-0.15, -0.1) is 11.3 Å². The number of thioether (sulfide) groups is 1. The molecule has 4 rings (SSSR count). The maximum atomic E-state index is 12.7. The number of rotatable bonds is 6. The number of para-hydroxylation sites is 2. The summed E-state index contributed by atoms with van der Waals surface area (Å²) in [5, 5.41) is 6.05. The molecule has 0 radical (unpaired) electrons. The van der Waals surface area contributed by atoms with Crippen LogP contribution in [0.3, 0.4) is 0 Å². The lowest BCUT2D eigenvalue weighted by atomic mass is 10.1. The van der Waals surface area contributed by atoms with E-state index in [1.54, 1.807) is 11.3 Å². The predicted octanol–water partition coefficient (Wildman–Crippen LogP) is 4.63. The van der Waals surface area contributed by atoms with Crippen molar-refractivity contribution in [3.8, 4) is 0 Å². The second-order valence-electron chi connectivity index (χ2n) is 6.16. The fraction of sp³-hybridized carbons (Fsp3) is 0.143. The van der Waals surface area contributed by atoms with Crippen LogP contribution in [0.25, 0.3) is 11.0 Å². The summed E-state index contributed by atoms with van der Waals surface area (Å²) in [5.74, 6) is 0.320. The molecule has 0 spiro atoms. The summed E-state index contributed by atoms with van der Waals surface area (Å²) < 4.78 is 2.03. The molecule has 0 fully saturated rings. The van der Waals surface area contributed by atoms with Gasteiger partial charge in [-0.05, 0) is 29.1 Å². The van der Waals surface area contributed by atoms with Crippen molar-refractivity contribution in [3.05, 3.63) is 82.6 Å². The minimum atomic E-state index is -0.125. The molecular weight excluding hydrogens is 374 g/mol. The van der Waals surface area contributed by atoms with E-state index in [-0.39, 0.29) is 11.9 Å². The molecule has 1 unspecified atom stereocenters. The van der Waals surface area contributed by atoms with Gasteiger partial charge in [-0.25, -0.2) is 4.98 Å². The van der Waals surface area contributed by atoms with E-state index in [2.05, 4.69) is 16.4 Å². The van der Waals surface area contributed by atoms with E-state index < -0.39 is 0 Å². The SMILES string of the molecule is Cn1c(SCC(=O)NC(c2ccccc2)c2cccs2)nc2ccccc21. The van der Waals surface area contributed by atoms with Crippen LogP contribution >= 0.6 is 23.1 Å². The van der Waals surface area contributed by atoms with E-state index in [1.807, 2.05) is 77.7 Å². The molecule has 0 saturated carbocycles. The van der Waals surface area contributed by atoms with Crippen molar-refractivity contribution in [1.29, 1.82) is 0 Å². The van der Waals surface area contributed by atoms with Crippen LogP contribution in [0.2, 0.25) is 0 Å². The molecule has 1 atom stereocenters. The van der Waals surface area contributed by atoms with E-state index in [0.717, 1.165) is 26.6 Å². The van der Waals surface area contributed by atoms with E-state index in [0.29, 0.717) is 5.75 Å². The average Bonchev–Trinajstić information content (AvgIpc) is 3.34. The van der Waals surface area contributed by atoms with Gasteiger partial charge in [0.2, 0.25) is 5.91 Å². The van der Waals surface area contributed by atoms with Gasteiger partial charge in [-0.2, -0.15) is 0 Å². The van der Waals surface area contributed by atoms with Gasteiger partial charge in [0, 0.05) is 11.9 Å². The number of fused-ring (bicyclic) bond motifs is 1. The Balaban J connectivity index is 1.48. The van der Waals surface area contributed by atoms with E-state index in [4.69, 9.17) is 0 Å². The zero-order chi connectivity index (χ0) is 18.6. The Labute approximate surface area is 166 Å². The molecule has 136 valence electrons. The zero-order valence-corrected chi connectivity index (χ0v) is 16.5. The number of thiophene rings is 1. The Hall–Kier alpha value is -2.57. The van der Waals surface area contributed by atoms with Crippen molar-refractivity contribution in [3.63, 3.8) is 0 Å². The second-order valence-corrected chi connectivity index (χ2v) is 8.08. The number of carbonyl (C=O) groups excluding carboxylic acids is 1. The van der Waals surface area contributed by atoms with Crippen LogP contribution in [0.4, 0.5) is 0 Å². The van der Waals surface area contributed by atoms with Gasteiger partial charge >= 0.3 is 0 Å². The van der Waals surface area contributed by atoms with Crippen LogP contribution in [0.15, 0.2) is 77.3 Å². The first-order valence-corrected chi connectivity index (χ1v) is 10.5. The van der Waals surface area contributed by atoms with Gasteiger partial charge in [0.1, 0.15) is 0 Å². The van der Waals surface area contributed by atoms with Crippen molar-refractivity contribution < 1.29 is 4.79 Å². The number of imidazole rings is 1. The number of aromatic nitrogens is 2. The van der Waals surface area contributed by atoms with Crippen molar-refractivity contribution >= 4 is 40.0 Å². The number of carbonyl (C=O) groups is 1. The van der Waals surface area contributed by atoms with Crippen molar-refractivity contribution in [2.24, 2.45) is 7.05 Å². The summed E-state index contributed by atoms with van der Waals surface area (Å²) in [4.78, 5) is 18.4. The highest BCUT2D eigenvalue weighted by Crippen LogP contribution is 2.27. The fourth-order valence-electron chi connectivity index (χ4n) is 3.01. The average molecular weight is 394 g/mol. The molecule has 0 aliphatic rings. The molecule has 1 amide bonds. The molecule has 0 aliphatic heterocycles. The van der Waals surface area contributed by atoms with Crippen LogP contribution in [0.5, 0.6) is 0 Å². The summed E-state index contributed by atoms with van der Waals surface area (Å²) in [6.45, 7) is 0. The lowest BCUT2D eigenvalue weighted by Crippen LogP contribution is -2.30. The van der Waals surface area contributed by atoms with Gasteiger partial charge in [-0.3, -0.25) is 4.79 Å². The van der Waals surface area contributed by atoms with E-state index in [1.165, 1.54) is 11.8 Å². The third-order valence-corrected chi connectivity index (χ3v) is 6.31. The molecule has 0 saturated heterocycles. The topological polar surface area (TPSA) is 46.9 Å². The molecule has 0 aliphatic carbocycles. The van der Waals surface area contributed by atoms with Gasteiger partial charge in [0.05, 0.1) is 22.8 Å². The molecule has 0 bridgehead atoms. The quantitative estimate of drug-likeness (QED) is 0.486. The lowest BCUT2D eigenvalue weighted by molar-refractivity contribution is -0.119.